The molecule has 1 aromatic heterocycles. The Hall–Kier alpha value is -3.03. The summed E-state index contributed by atoms with van der Waals surface area (Å²) in [5.41, 5.74) is 2.62. The molecule has 0 fully saturated rings. The van der Waals surface area contributed by atoms with Crippen molar-refractivity contribution in [2.45, 2.75) is 13.5 Å². The molecule has 0 radical (unpaired) electrons. The molecule has 0 N–H and O–H groups in total. The quantitative estimate of drug-likeness (QED) is 0.371. The molecular formula is C21H17ClN2O2. The maximum atomic E-state index is 12.0. The minimum atomic E-state index is -0.647. The van der Waals surface area contributed by atoms with Gasteiger partial charge in [-0.2, -0.15) is 5.26 Å². The topological polar surface area (TPSA) is 55.0 Å². The van der Waals surface area contributed by atoms with Crippen LogP contribution in [0.15, 0.2) is 60.2 Å². The first-order valence-corrected chi connectivity index (χ1v) is 8.63. The Bertz CT molecular complexity index is 1010. The summed E-state index contributed by atoms with van der Waals surface area (Å²) in [7, 11) is 0. The van der Waals surface area contributed by atoms with Crippen molar-refractivity contribution in [3.05, 3.63) is 76.5 Å². The van der Waals surface area contributed by atoms with E-state index in [1.165, 1.54) is 6.08 Å². The molecule has 0 saturated heterocycles. The van der Waals surface area contributed by atoms with Gasteiger partial charge in [0.25, 0.3) is 0 Å². The first kappa shape index (κ1) is 17.8. The van der Waals surface area contributed by atoms with Gasteiger partial charge in [0.1, 0.15) is 16.8 Å². The van der Waals surface area contributed by atoms with Crippen molar-refractivity contribution >= 4 is 34.5 Å². The summed E-state index contributed by atoms with van der Waals surface area (Å²) < 4.78 is 6.91. The lowest BCUT2D eigenvalue weighted by molar-refractivity contribution is -0.137. The van der Waals surface area contributed by atoms with Gasteiger partial charge in [-0.1, -0.05) is 60.1 Å². The van der Waals surface area contributed by atoms with Crippen LogP contribution in [0.2, 0.25) is 5.15 Å². The van der Waals surface area contributed by atoms with Crippen LogP contribution in [0.25, 0.3) is 17.0 Å². The highest BCUT2D eigenvalue weighted by Crippen LogP contribution is 2.32. The maximum absolute atomic E-state index is 12.0. The molecule has 0 bridgehead atoms. The number of carbonyl (C=O) groups is 1. The Balaban J connectivity index is 2.14. The second kappa shape index (κ2) is 7.90. The number of esters is 1. The molecule has 0 atom stereocenters. The molecular weight excluding hydrogens is 348 g/mol. The molecule has 0 aliphatic heterocycles. The first-order chi connectivity index (χ1) is 12.7. The largest absolute Gasteiger partial charge is 0.462 e. The third-order valence-electron chi connectivity index (χ3n) is 4.03. The van der Waals surface area contributed by atoms with Gasteiger partial charge in [-0.25, -0.2) is 4.79 Å². The second-order valence-electron chi connectivity index (χ2n) is 5.68. The summed E-state index contributed by atoms with van der Waals surface area (Å²) >= 11 is 6.64. The van der Waals surface area contributed by atoms with Gasteiger partial charge in [0.05, 0.1) is 12.1 Å². The summed E-state index contributed by atoms with van der Waals surface area (Å²) in [6.07, 6.45) is 1.50. The number of ether oxygens (including phenoxy) is 1. The fourth-order valence-electron chi connectivity index (χ4n) is 2.85. The van der Waals surface area contributed by atoms with Crippen LogP contribution < -0.4 is 0 Å². The molecule has 2 aromatic carbocycles. The number of nitrogens with zero attached hydrogens (tertiary/aromatic N) is 2. The number of aromatic nitrogens is 1. The molecule has 4 nitrogen and oxygen atoms in total. The molecule has 3 aromatic rings. The van der Waals surface area contributed by atoms with Crippen molar-refractivity contribution < 1.29 is 9.53 Å². The third kappa shape index (κ3) is 3.49. The van der Waals surface area contributed by atoms with E-state index in [9.17, 15) is 10.1 Å². The summed E-state index contributed by atoms with van der Waals surface area (Å²) in [5.74, 6) is -0.647. The Morgan fingerprint density at radius 3 is 2.58 bits per heavy atom. The molecule has 0 saturated carbocycles. The highest BCUT2D eigenvalue weighted by atomic mass is 35.5. The zero-order valence-corrected chi connectivity index (χ0v) is 15.0. The molecule has 130 valence electrons. The number of halogens is 1. The van der Waals surface area contributed by atoms with Crippen molar-refractivity contribution in [3.8, 4) is 6.07 Å². The smallest absolute Gasteiger partial charge is 0.348 e. The SMILES string of the molecule is CCOC(=O)C(C#N)=Cc1c(Cl)n(Cc2ccccc2)c2ccccc12. The molecule has 26 heavy (non-hydrogen) atoms. The number of carbonyl (C=O) groups excluding carboxylic acids is 1. The lowest BCUT2D eigenvalue weighted by atomic mass is 10.1. The van der Waals surface area contributed by atoms with E-state index < -0.39 is 5.97 Å². The second-order valence-corrected chi connectivity index (χ2v) is 6.04. The normalized spacial score (nSPS) is 11.3. The number of rotatable bonds is 5. The van der Waals surface area contributed by atoms with E-state index in [1.807, 2.05) is 65.2 Å². The van der Waals surface area contributed by atoms with E-state index in [2.05, 4.69) is 0 Å². The number of fused-ring (bicyclic) bond motifs is 1. The number of hydrogen-bond acceptors (Lipinski definition) is 3. The highest BCUT2D eigenvalue weighted by molar-refractivity contribution is 6.33. The number of para-hydroxylation sites is 1. The Morgan fingerprint density at radius 2 is 1.88 bits per heavy atom. The van der Waals surface area contributed by atoms with Crippen LogP contribution >= 0.6 is 11.6 Å². The van der Waals surface area contributed by atoms with E-state index in [-0.39, 0.29) is 12.2 Å². The van der Waals surface area contributed by atoms with Crippen LogP contribution in [-0.2, 0) is 16.1 Å². The van der Waals surface area contributed by atoms with Crippen molar-refractivity contribution in [1.82, 2.24) is 4.57 Å². The predicted octanol–water partition coefficient (Wildman–Crippen LogP) is 4.81. The van der Waals surface area contributed by atoms with Crippen LogP contribution in [0.1, 0.15) is 18.1 Å². The van der Waals surface area contributed by atoms with E-state index in [1.54, 1.807) is 6.92 Å². The first-order valence-electron chi connectivity index (χ1n) is 8.25. The fourth-order valence-corrected chi connectivity index (χ4v) is 3.15. The van der Waals surface area contributed by atoms with E-state index in [4.69, 9.17) is 16.3 Å². The van der Waals surface area contributed by atoms with Gasteiger partial charge >= 0.3 is 5.97 Å². The van der Waals surface area contributed by atoms with Crippen molar-refractivity contribution in [2.75, 3.05) is 6.61 Å². The summed E-state index contributed by atoms with van der Waals surface area (Å²) in [6.45, 7) is 2.50. The summed E-state index contributed by atoms with van der Waals surface area (Å²) in [5, 5.41) is 10.7. The Kier molecular flexibility index (Phi) is 5.40. The van der Waals surface area contributed by atoms with Gasteiger partial charge in [0.2, 0.25) is 0 Å². The predicted molar refractivity (Wildman–Crippen MR) is 103 cm³/mol. The maximum Gasteiger partial charge on any atom is 0.348 e. The lowest BCUT2D eigenvalue weighted by Crippen LogP contribution is -2.06. The highest BCUT2D eigenvalue weighted by Gasteiger charge is 2.17. The van der Waals surface area contributed by atoms with Crippen molar-refractivity contribution in [3.63, 3.8) is 0 Å². The molecule has 5 heteroatoms. The molecule has 0 amide bonds. The average Bonchev–Trinajstić information content (AvgIpc) is 2.92. The lowest BCUT2D eigenvalue weighted by Gasteiger charge is -2.07. The number of nitriles is 1. The van der Waals surface area contributed by atoms with E-state index >= 15 is 0 Å². The minimum Gasteiger partial charge on any atom is -0.462 e. The average molecular weight is 365 g/mol. The molecule has 0 spiro atoms. The Morgan fingerprint density at radius 1 is 1.19 bits per heavy atom. The van der Waals surface area contributed by atoms with Crippen LogP contribution in [0.3, 0.4) is 0 Å². The van der Waals surface area contributed by atoms with E-state index in [0.717, 1.165) is 16.5 Å². The third-order valence-corrected chi connectivity index (χ3v) is 4.44. The molecule has 0 aliphatic rings. The molecule has 1 heterocycles. The summed E-state index contributed by atoms with van der Waals surface area (Å²) in [4.78, 5) is 12.0. The molecule has 0 aliphatic carbocycles. The van der Waals surface area contributed by atoms with Gasteiger partial charge < -0.3 is 9.30 Å². The number of hydrogen-bond donors (Lipinski definition) is 0. The van der Waals surface area contributed by atoms with E-state index in [0.29, 0.717) is 17.3 Å². The fraction of sp³-hybridized carbons (Fsp3) is 0.143. The number of benzene rings is 2. The van der Waals surface area contributed by atoms with Gasteiger partial charge in [-0.15, -0.1) is 0 Å². The molecule has 3 rings (SSSR count). The van der Waals surface area contributed by atoms with Gasteiger partial charge in [-0.3, -0.25) is 0 Å². The zero-order valence-electron chi connectivity index (χ0n) is 14.3. The minimum absolute atomic E-state index is 0.0728. The van der Waals surface area contributed by atoms with Gasteiger partial charge in [-0.05, 0) is 24.6 Å². The van der Waals surface area contributed by atoms with Gasteiger partial charge in [0, 0.05) is 17.5 Å². The van der Waals surface area contributed by atoms with Crippen molar-refractivity contribution in [2.24, 2.45) is 0 Å². The Labute approximate surface area is 156 Å². The van der Waals surface area contributed by atoms with Crippen LogP contribution in [-0.4, -0.2) is 17.1 Å². The van der Waals surface area contributed by atoms with Crippen LogP contribution in [0, 0.1) is 11.3 Å². The van der Waals surface area contributed by atoms with Crippen LogP contribution in [0.5, 0.6) is 0 Å². The van der Waals surface area contributed by atoms with Crippen molar-refractivity contribution in [1.29, 1.82) is 5.26 Å². The monoisotopic (exact) mass is 364 g/mol. The van der Waals surface area contributed by atoms with Gasteiger partial charge in [0.15, 0.2) is 0 Å². The zero-order chi connectivity index (χ0) is 18.5. The van der Waals surface area contributed by atoms with Crippen LogP contribution in [0.4, 0.5) is 0 Å². The molecule has 0 unspecified atom stereocenters. The summed E-state index contributed by atoms with van der Waals surface area (Å²) in [6, 6.07) is 19.6. The standard InChI is InChI=1S/C21H17ClN2O2/c1-2-26-21(25)16(13-23)12-18-17-10-6-7-11-19(17)24(20(18)22)14-15-8-4-3-5-9-15/h3-12H,2,14H2,1H3.